The van der Waals surface area contributed by atoms with Gasteiger partial charge in [0.2, 0.25) is 0 Å². The summed E-state index contributed by atoms with van der Waals surface area (Å²) in [5.74, 6) is 5.11. The molecule has 82 valence electrons. The molecule has 0 spiro atoms. The molecular formula is C10H14N2O3. The van der Waals surface area contributed by atoms with Crippen molar-refractivity contribution in [3.05, 3.63) is 35.8 Å². The summed E-state index contributed by atoms with van der Waals surface area (Å²) in [7, 11) is 0. The van der Waals surface area contributed by atoms with E-state index in [1.165, 1.54) is 6.26 Å². The molecule has 1 amide bonds. The Kier molecular flexibility index (Phi) is 4.59. The zero-order chi connectivity index (χ0) is 11.1. The lowest BCUT2D eigenvalue weighted by Crippen LogP contribution is -2.30. The standard InChI is InChI=1S/C10H14N2O3/c1-2-3-5-14-7-9-8(4-6-15-9)10(13)12-11/h2-4,6H,5,7,11H2,1H3,(H,12,13). The average molecular weight is 210 g/mol. The van der Waals surface area contributed by atoms with Crippen LogP contribution >= 0.6 is 0 Å². The normalized spacial score (nSPS) is 10.8. The molecule has 5 heteroatoms. The van der Waals surface area contributed by atoms with Crippen LogP contribution in [0.4, 0.5) is 0 Å². The molecule has 0 aliphatic heterocycles. The van der Waals surface area contributed by atoms with Crippen molar-refractivity contribution in [3.63, 3.8) is 0 Å². The molecule has 0 aliphatic rings. The van der Waals surface area contributed by atoms with Crippen LogP contribution in [-0.2, 0) is 11.3 Å². The summed E-state index contributed by atoms with van der Waals surface area (Å²) >= 11 is 0. The number of furan rings is 1. The van der Waals surface area contributed by atoms with Crippen molar-refractivity contribution in [3.8, 4) is 0 Å². The van der Waals surface area contributed by atoms with Crippen molar-refractivity contribution in [2.24, 2.45) is 5.84 Å². The van der Waals surface area contributed by atoms with Gasteiger partial charge in [0.25, 0.3) is 5.91 Å². The van der Waals surface area contributed by atoms with Crippen molar-refractivity contribution < 1.29 is 13.9 Å². The molecule has 1 heterocycles. The maximum absolute atomic E-state index is 11.2. The highest BCUT2D eigenvalue weighted by molar-refractivity contribution is 5.94. The van der Waals surface area contributed by atoms with E-state index in [4.69, 9.17) is 15.0 Å². The SMILES string of the molecule is CC=CCOCc1occc1C(=O)NN. The number of hydrogen-bond donors (Lipinski definition) is 2. The summed E-state index contributed by atoms with van der Waals surface area (Å²) in [5.41, 5.74) is 2.44. The molecule has 0 unspecified atom stereocenters. The first-order valence-corrected chi connectivity index (χ1v) is 4.55. The maximum atomic E-state index is 11.2. The predicted molar refractivity (Wildman–Crippen MR) is 54.8 cm³/mol. The summed E-state index contributed by atoms with van der Waals surface area (Å²) in [6.07, 6.45) is 5.18. The van der Waals surface area contributed by atoms with Gasteiger partial charge in [-0.3, -0.25) is 10.2 Å². The smallest absolute Gasteiger partial charge is 0.268 e. The van der Waals surface area contributed by atoms with Crippen LogP contribution in [-0.4, -0.2) is 12.5 Å². The summed E-state index contributed by atoms with van der Waals surface area (Å²) in [5, 5.41) is 0. The molecule has 1 rings (SSSR count). The van der Waals surface area contributed by atoms with Crippen molar-refractivity contribution in [2.75, 3.05) is 6.61 Å². The minimum absolute atomic E-state index is 0.250. The quantitative estimate of drug-likeness (QED) is 0.249. The molecule has 0 fully saturated rings. The van der Waals surface area contributed by atoms with Crippen LogP contribution in [0.3, 0.4) is 0 Å². The van der Waals surface area contributed by atoms with Gasteiger partial charge in [0.05, 0.1) is 18.4 Å². The highest BCUT2D eigenvalue weighted by atomic mass is 16.5. The topological polar surface area (TPSA) is 77.5 Å². The minimum atomic E-state index is -0.381. The predicted octanol–water partition coefficient (Wildman–Crippen LogP) is 0.976. The molecule has 0 atom stereocenters. The van der Waals surface area contributed by atoms with E-state index in [-0.39, 0.29) is 12.5 Å². The lowest BCUT2D eigenvalue weighted by atomic mass is 10.2. The monoisotopic (exact) mass is 210 g/mol. The van der Waals surface area contributed by atoms with Crippen molar-refractivity contribution in [1.29, 1.82) is 0 Å². The third kappa shape index (κ3) is 3.23. The summed E-state index contributed by atoms with van der Waals surface area (Å²) < 4.78 is 10.4. The van der Waals surface area contributed by atoms with Gasteiger partial charge in [-0.05, 0) is 13.0 Å². The molecule has 0 aliphatic carbocycles. The second-order valence-corrected chi connectivity index (χ2v) is 2.82. The van der Waals surface area contributed by atoms with E-state index in [1.54, 1.807) is 6.07 Å². The summed E-state index contributed by atoms with van der Waals surface area (Å²) in [6.45, 7) is 2.64. The van der Waals surface area contributed by atoms with E-state index in [1.807, 2.05) is 24.5 Å². The summed E-state index contributed by atoms with van der Waals surface area (Å²) in [4.78, 5) is 11.2. The molecule has 3 N–H and O–H groups in total. The fraction of sp³-hybridized carbons (Fsp3) is 0.300. The number of nitrogen functional groups attached to an aromatic ring is 1. The zero-order valence-corrected chi connectivity index (χ0v) is 8.53. The van der Waals surface area contributed by atoms with Gasteiger partial charge < -0.3 is 9.15 Å². The number of allylic oxidation sites excluding steroid dienone is 1. The zero-order valence-electron chi connectivity index (χ0n) is 8.53. The van der Waals surface area contributed by atoms with Crippen LogP contribution in [0.5, 0.6) is 0 Å². The van der Waals surface area contributed by atoms with Gasteiger partial charge in [-0.1, -0.05) is 12.2 Å². The molecule has 0 aromatic carbocycles. The molecular weight excluding hydrogens is 196 g/mol. The fourth-order valence-electron chi connectivity index (χ4n) is 1.05. The Morgan fingerprint density at radius 1 is 1.73 bits per heavy atom. The van der Waals surface area contributed by atoms with Crippen LogP contribution in [0.2, 0.25) is 0 Å². The van der Waals surface area contributed by atoms with E-state index in [0.717, 1.165) is 0 Å². The number of carbonyl (C=O) groups excluding carboxylic acids is 1. The molecule has 15 heavy (non-hydrogen) atoms. The third-order valence-corrected chi connectivity index (χ3v) is 1.80. The van der Waals surface area contributed by atoms with Crippen LogP contribution in [0, 0.1) is 0 Å². The first-order valence-electron chi connectivity index (χ1n) is 4.55. The maximum Gasteiger partial charge on any atom is 0.268 e. The number of hydrogen-bond acceptors (Lipinski definition) is 4. The number of amides is 1. The van der Waals surface area contributed by atoms with E-state index in [2.05, 4.69) is 0 Å². The number of ether oxygens (including phenoxy) is 1. The van der Waals surface area contributed by atoms with Gasteiger partial charge in [0.15, 0.2) is 0 Å². The van der Waals surface area contributed by atoms with Crippen LogP contribution in [0.25, 0.3) is 0 Å². The Morgan fingerprint density at radius 3 is 3.20 bits per heavy atom. The Balaban J connectivity index is 2.53. The second-order valence-electron chi connectivity index (χ2n) is 2.82. The van der Waals surface area contributed by atoms with Gasteiger partial charge in [-0.2, -0.15) is 0 Å². The molecule has 0 bridgehead atoms. The highest BCUT2D eigenvalue weighted by Gasteiger charge is 2.12. The molecule has 0 radical (unpaired) electrons. The van der Waals surface area contributed by atoms with Crippen molar-refractivity contribution in [2.45, 2.75) is 13.5 Å². The van der Waals surface area contributed by atoms with Gasteiger partial charge in [-0.15, -0.1) is 0 Å². The van der Waals surface area contributed by atoms with Crippen molar-refractivity contribution in [1.82, 2.24) is 5.43 Å². The van der Waals surface area contributed by atoms with Crippen molar-refractivity contribution >= 4 is 5.91 Å². The number of carbonyl (C=O) groups is 1. The lowest BCUT2D eigenvalue weighted by molar-refractivity contribution is 0.0938. The van der Waals surface area contributed by atoms with E-state index < -0.39 is 0 Å². The Morgan fingerprint density at radius 2 is 2.53 bits per heavy atom. The van der Waals surface area contributed by atoms with Gasteiger partial charge in [-0.25, -0.2) is 5.84 Å². The first kappa shape index (κ1) is 11.5. The second kappa shape index (κ2) is 6.00. The van der Waals surface area contributed by atoms with Crippen LogP contribution in [0.1, 0.15) is 23.0 Å². The molecule has 5 nitrogen and oxygen atoms in total. The molecule has 0 saturated heterocycles. The van der Waals surface area contributed by atoms with E-state index in [9.17, 15) is 4.79 Å². The lowest BCUT2D eigenvalue weighted by Gasteiger charge is -2.01. The van der Waals surface area contributed by atoms with E-state index >= 15 is 0 Å². The Labute approximate surface area is 87.9 Å². The average Bonchev–Trinajstić information content (AvgIpc) is 2.71. The van der Waals surface area contributed by atoms with Crippen LogP contribution in [0.15, 0.2) is 28.9 Å². The van der Waals surface area contributed by atoms with Gasteiger partial charge >= 0.3 is 0 Å². The Hall–Kier alpha value is -1.59. The minimum Gasteiger partial charge on any atom is -0.466 e. The number of nitrogens with two attached hydrogens (primary N) is 1. The molecule has 0 saturated carbocycles. The number of nitrogens with one attached hydrogen (secondary N) is 1. The third-order valence-electron chi connectivity index (χ3n) is 1.80. The van der Waals surface area contributed by atoms with Gasteiger partial charge in [0.1, 0.15) is 12.4 Å². The highest BCUT2D eigenvalue weighted by Crippen LogP contribution is 2.11. The first-order chi connectivity index (χ1) is 7.29. The van der Waals surface area contributed by atoms with E-state index in [0.29, 0.717) is 17.9 Å². The molecule has 1 aromatic heterocycles. The largest absolute Gasteiger partial charge is 0.466 e. The number of rotatable bonds is 5. The number of hydrazine groups is 1. The fourth-order valence-corrected chi connectivity index (χ4v) is 1.05. The van der Waals surface area contributed by atoms with Gasteiger partial charge in [0, 0.05) is 0 Å². The van der Waals surface area contributed by atoms with Crippen LogP contribution < -0.4 is 11.3 Å². The summed E-state index contributed by atoms with van der Waals surface area (Å²) in [6, 6.07) is 1.55. The molecule has 1 aromatic rings. The Bertz CT molecular complexity index is 344.